The van der Waals surface area contributed by atoms with Crippen molar-refractivity contribution in [3.63, 3.8) is 0 Å². The van der Waals surface area contributed by atoms with E-state index in [-0.39, 0.29) is 17.1 Å². The molecule has 0 spiro atoms. The molecule has 15 heavy (non-hydrogen) atoms. The van der Waals surface area contributed by atoms with Gasteiger partial charge in [0.25, 0.3) is 0 Å². The van der Waals surface area contributed by atoms with Crippen molar-refractivity contribution in [1.29, 1.82) is 0 Å². The van der Waals surface area contributed by atoms with Crippen molar-refractivity contribution < 1.29 is 14.6 Å². The number of carbonyl (C=O) groups excluding carboxylic acids is 1. The van der Waals surface area contributed by atoms with Crippen LogP contribution >= 0.6 is 0 Å². The predicted octanol–water partition coefficient (Wildman–Crippen LogP) is 1.32. The Labute approximate surface area is 88.7 Å². The Bertz CT molecular complexity index is 361. The van der Waals surface area contributed by atoms with E-state index >= 15 is 0 Å². The Morgan fingerprint density at radius 2 is 2.27 bits per heavy atom. The van der Waals surface area contributed by atoms with E-state index in [9.17, 15) is 9.90 Å². The summed E-state index contributed by atoms with van der Waals surface area (Å²) >= 11 is 0. The molecule has 0 radical (unpaired) electrons. The Kier molecular flexibility index (Phi) is 3.68. The number of ether oxygens (including phenoxy) is 1. The number of benzene rings is 1. The Morgan fingerprint density at radius 3 is 2.80 bits per heavy atom. The first-order valence-electron chi connectivity index (χ1n) is 4.82. The molecule has 1 rings (SSSR count). The van der Waals surface area contributed by atoms with Crippen LogP contribution in [0, 0.1) is 0 Å². The van der Waals surface area contributed by atoms with Crippen molar-refractivity contribution in [3.05, 3.63) is 23.8 Å². The van der Waals surface area contributed by atoms with Gasteiger partial charge in [-0.15, -0.1) is 0 Å². The van der Waals surface area contributed by atoms with Gasteiger partial charge in [-0.3, -0.25) is 4.79 Å². The monoisotopic (exact) mass is 209 g/mol. The number of phenols is 1. The van der Waals surface area contributed by atoms with Crippen LogP contribution < -0.4 is 10.5 Å². The topological polar surface area (TPSA) is 72.5 Å². The maximum Gasteiger partial charge on any atom is 0.186 e. The molecule has 1 unspecified atom stereocenters. The molecule has 0 aliphatic rings. The third-order valence-corrected chi connectivity index (χ3v) is 1.96. The van der Waals surface area contributed by atoms with Gasteiger partial charge in [-0.1, -0.05) is 6.07 Å². The van der Waals surface area contributed by atoms with E-state index in [2.05, 4.69) is 0 Å². The van der Waals surface area contributed by atoms with Gasteiger partial charge >= 0.3 is 0 Å². The zero-order valence-electron chi connectivity index (χ0n) is 8.86. The average Bonchev–Trinajstić information content (AvgIpc) is 2.17. The van der Waals surface area contributed by atoms with Crippen LogP contribution in [0.25, 0.3) is 0 Å². The zero-order chi connectivity index (χ0) is 11.4. The maximum absolute atomic E-state index is 11.7. The molecule has 0 fully saturated rings. The lowest BCUT2D eigenvalue weighted by atomic mass is 10.0. The Balaban J connectivity index is 3.18. The summed E-state index contributed by atoms with van der Waals surface area (Å²) in [5, 5.41) is 9.58. The molecule has 0 aliphatic heterocycles. The van der Waals surface area contributed by atoms with Crippen molar-refractivity contribution in [2.24, 2.45) is 5.73 Å². The first-order valence-corrected chi connectivity index (χ1v) is 4.82. The molecule has 0 heterocycles. The zero-order valence-corrected chi connectivity index (χ0v) is 8.86. The fraction of sp³-hybridized carbons (Fsp3) is 0.364. The van der Waals surface area contributed by atoms with E-state index in [1.807, 2.05) is 6.92 Å². The molecule has 4 nitrogen and oxygen atoms in total. The van der Waals surface area contributed by atoms with Gasteiger partial charge < -0.3 is 15.6 Å². The predicted molar refractivity (Wildman–Crippen MR) is 57.3 cm³/mol. The van der Waals surface area contributed by atoms with Gasteiger partial charge in [-0.25, -0.2) is 0 Å². The molecule has 1 atom stereocenters. The van der Waals surface area contributed by atoms with Crippen LogP contribution in [0.1, 0.15) is 24.2 Å². The molecule has 0 saturated carbocycles. The number of Topliss-reactive ketones (excluding diaryl/α,β-unsaturated/α-hetero) is 1. The molecule has 0 bridgehead atoms. The fourth-order valence-electron chi connectivity index (χ4n) is 1.27. The highest BCUT2D eigenvalue weighted by Gasteiger charge is 2.19. The van der Waals surface area contributed by atoms with Crippen molar-refractivity contribution in [2.45, 2.75) is 19.9 Å². The minimum absolute atomic E-state index is 0.0942. The van der Waals surface area contributed by atoms with E-state index in [1.54, 1.807) is 19.1 Å². The highest BCUT2D eigenvalue weighted by molar-refractivity contribution is 6.04. The number of rotatable bonds is 4. The lowest BCUT2D eigenvalue weighted by Crippen LogP contribution is -2.27. The number of hydrogen-bond acceptors (Lipinski definition) is 4. The number of ketones is 1. The second-order valence-corrected chi connectivity index (χ2v) is 3.24. The van der Waals surface area contributed by atoms with Crippen LogP contribution in [0.3, 0.4) is 0 Å². The molecular formula is C11H15NO3. The van der Waals surface area contributed by atoms with Crippen molar-refractivity contribution in [2.75, 3.05) is 6.61 Å². The van der Waals surface area contributed by atoms with E-state index in [1.165, 1.54) is 6.07 Å². The lowest BCUT2D eigenvalue weighted by Gasteiger charge is -2.12. The van der Waals surface area contributed by atoms with Crippen molar-refractivity contribution in [1.82, 2.24) is 0 Å². The van der Waals surface area contributed by atoms with Crippen LogP contribution in [-0.2, 0) is 0 Å². The third-order valence-electron chi connectivity index (χ3n) is 1.96. The van der Waals surface area contributed by atoms with Crippen LogP contribution in [0.4, 0.5) is 0 Å². The number of carbonyl (C=O) groups is 1. The average molecular weight is 209 g/mol. The molecular weight excluding hydrogens is 194 g/mol. The third kappa shape index (κ3) is 2.47. The van der Waals surface area contributed by atoms with Gasteiger partial charge in [-0.2, -0.15) is 0 Å². The summed E-state index contributed by atoms with van der Waals surface area (Å²) in [6.07, 6.45) is 0. The van der Waals surface area contributed by atoms with Gasteiger partial charge in [0.1, 0.15) is 17.1 Å². The molecule has 3 N–H and O–H groups in total. The van der Waals surface area contributed by atoms with E-state index < -0.39 is 6.04 Å². The normalized spacial score (nSPS) is 12.2. The fourth-order valence-corrected chi connectivity index (χ4v) is 1.27. The van der Waals surface area contributed by atoms with E-state index in [0.717, 1.165) is 0 Å². The summed E-state index contributed by atoms with van der Waals surface area (Å²) in [4.78, 5) is 11.7. The van der Waals surface area contributed by atoms with Gasteiger partial charge in [-0.05, 0) is 26.0 Å². The maximum atomic E-state index is 11.7. The summed E-state index contributed by atoms with van der Waals surface area (Å²) in [6, 6.07) is 4.05. The minimum atomic E-state index is -0.655. The smallest absolute Gasteiger partial charge is 0.186 e. The molecule has 82 valence electrons. The molecule has 1 aromatic carbocycles. The number of nitrogens with two attached hydrogens (primary N) is 1. The van der Waals surface area contributed by atoms with Gasteiger partial charge in [0, 0.05) is 0 Å². The van der Waals surface area contributed by atoms with Crippen LogP contribution in [0.5, 0.6) is 11.5 Å². The SMILES string of the molecule is CCOc1cccc(O)c1C(=O)C(C)N. The van der Waals surface area contributed by atoms with Gasteiger partial charge in [0.2, 0.25) is 0 Å². The van der Waals surface area contributed by atoms with E-state index in [4.69, 9.17) is 10.5 Å². The Morgan fingerprint density at radius 1 is 1.60 bits per heavy atom. The number of hydrogen-bond donors (Lipinski definition) is 2. The largest absolute Gasteiger partial charge is 0.507 e. The van der Waals surface area contributed by atoms with Crippen LogP contribution in [0.15, 0.2) is 18.2 Å². The highest BCUT2D eigenvalue weighted by atomic mass is 16.5. The molecule has 0 amide bonds. The minimum Gasteiger partial charge on any atom is -0.507 e. The molecule has 0 aliphatic carbocycles. The highest BCUT2D eigenvalue weighted by Crippen LogP contribution is 2.28. The lowest BCUT2D eigenvalue weighted by molar-refractivity contribution is 0.0961. The quantitative estimate of drug-likeness (QED) is 0.733. The summed E-state index contributed by atoms with van der Waals surface area (Å²) in [7, 11) is 0. The van der Waals surface area contributed by atoms with Crippen LogP contribution in [-0.4, -0.2) is 23.5 Å². The molecule has 1 aromatic rings. The summed E-state index contributed by atoms with van der Waals surface area (Å²) in [5.74, 6) is -0.0420. The van der Waals surface area contributed by atoms with Crippen molar-refractivity contribution in [3.8, 4) is 11.5 Å². The Hall–Kier alpha value is -1.55. The second kappa shape index (κ2) is 4.79. The van der Waals surface area contributed by atoms with Gasteiger partial charge in [0.05, 0.1) is 12.6 Å². The standard InChI is InChI=1S/C11H15NO3/c1-3-15-9-6-4-5-8(13)10(9)11(14)7(2)12/h4-7,13H,3,12H2,1-2H3. The molecule has 0 aromatic heterocycles. The second-order valence-electron chi connectivity index (χ2n) is 3.24. The first-order chi connectivity index (χ1) is 7.07. The van der Waals surface area contributed by atoms with Gasteiger partial charge in [0.15, 0.2) is 5.78 Å². The summed E-state index contributed by atoms with van der Waals surface area (Å²) < 4.78 is 5.25. The molecule has 4 heteroatoms. The van der Waals surface area contributed by atoms with Crippen LogP contribution in [0.2, 0.25) is 0 Å². The summed E-state index contributed by atoms with van der Waals surface area (Å²) in [5.41, 5.74) is 5.65. The number of phenolic OH excluding ortho intramolecular Hbond substituents is 1. The number of aromatic hydroxyl groups is 1. The first kappa shape index (κ1) is 11.5. The van der Waals surface area contributed by atoms with E-state index in [0.29, 0.717) is 12.4 Å². The summed E-state index contributed by atoms with van der Waals surface area (Å²) in [6.45, 7) is 3.82. The van der Waals surface area contributed by atoms with Crippen molar-refractivity contribution >= 4 is 5.78 Å². The molecule has 0 saturated heterocycles.